The summed E-state index contributed by atoms with van der Waals surface area (Å²) in [4.78, 5) is 12.2. The molecule has 2 rings (SSSR count). The van der Waals surface area contributed by atoms with Crippen LogP contribution in [0.25, 0.3) is 6.08 Å². The minimum atomic E-state index is -4.03. The molecule has 0 aromatic heterocycles. The molecule has 0 fully saturated rings. The Morgan fingerprint density at radius 3 is 2.14 bits per heavy atom. The van der Waals surface area contributed by atoms with Crippen molar-refractivity contribution in [2.24, 2.45) is 0 Å². The zero-order valence-corrected chi connectivity index (χ0v) is 17.8. The number of carbonyl (C=O) groups is 1. The number of halogens is 1. The zero-order chi connectivity index (χ0) is 21.6. The van der Waals surface area contributed by atoms with Crippen LogP contribution in [0.15, 0.2) is 35.7 Å². The standard InChI is InChI=1S/C19H20ClNO7S/c1-25-15-11-14(19(22)28-4)16(18(27-3)17(15)26-2)21-29(23,24)10-9-12-5-7-13(20)8-6-12/h5-11,21H,1-4H3/b10-9+. The molecule has 0 aliphatic carbocycles. The molecule has 0 amide bonds. The highest BCUT2D eigenvalue weighted by Crippen LogP contribution is 2.45. The number of esters is 1. The van der Waals surface area contributed by atoms with E-state index in [9.17, 15) is 13.2 Å². The first-order valence-corrected chi connectivity index (χ1v) is 10.1. The Morgan fingerprint density at radius 1 is 1.00 bits per heavy atom. The minimum Gasteiger partial charge on any atom is -0.493 e. The molecule has 0 saturated heterocycles. The van der Waals surface area contributed by atoms with Crippen LogP contribution >= 0.6 is 11.6 Å². The van der Waals surface area contributed by atoms with Gasteiger partial charge in [-0.1, -0.05) is 23.7 Å². The molecule has 2 aromatic rings. The van der Waals surface area contributed by atoms with Crippen molar-refractivity contribution in [3.05, 3.63) is 51.9 Å². The summed E-state index contributed by atoms with van der Waals surface area (Å²) in [7, 11) is 1.17. The van der Waals surface area contributed by atoms with E-state index in [4.69, 9.17) is 30.5 Å². The fourth-order valence-electron chi connectivity index (χ4n) is 2.45. The Bertz CT molecular complexity index is 1020. The molecule has 0 aliphatic rings. The molecule has 0 saturated carbocycles. The van der Waals surface area contributed by atoms with Gasteiger partial charge in [0, 0.05) is 11.1 Å². The van der Waals surface area contributed by atoms with E-state index in [2.05, 4.69) is 4.72 Å². The van der Waals surface area contributed by atoms with E-state index < -0.39 is 16.0 Å². The summed E-state index contributed by atoms with van der Waals surface area (Å²) in [6, 6.07) is 7.88. The minimum absolute atomic E-state index is 0.0317. The first kappa shape index (κ1) is 22.4. The van der Waals surface area contributed by atoms with Crippen molar-refractivity contribution in [3.8, 4) is 17.2 Å². The summed E-state index contributed by atoms with van der Waals surface area (Å²) in [5.41, 5.74) is 0.371. The van der Waals surface area contributed by atoms with Gasteiger partial charge in [0.05, 0.1) is 39.4 Å². The van der Waals surface area contributed by atoms with Crippen LogP contribution in [0, 0.1) is 0 Å². The molecule has 156 valence electrons. The van der Waals surface area contributed by atoms with Crippen molar-refractivity contribution in [1.29, 1.82) is 0 Å². The number of rotatable bonds is 8. The van der Waals surface area contributed by atoms with Crippen molar-refractivity contribution in [2.45, 2.75) is 0 Å². The van der Waals surface area contributed by atoms with Crippen LogP contribution in [0.1, 0.15) is 15.9 Å². The first-order chi connectivity index (χ1) is 13.8. The van der Waals surface area contributed by atoms with Crippen LogP contribution in [0.4, 0.5) is 5.69 Å². The predicted molar refractivity (Wildman–Crippen MR) is 110 cm³/mol. The molecule has 0 spiro atoms. The van der Waals surface area contributed by atoms with Crippen LogP contribution in [0.2, 0.25) is 5.02 Å². The highest BCUT2D eigenvalue weighted by molar-refractivity contribution is 7.95. The van der Waals surface area contributed by atoms with Gasteiger partial charge in [-0.15, -0.1) is 0 Å². The third kappa shape index (κ3) is 5.33. The third-order valence-electron chi connectivity index (χ3n) is 3.79. The van der Waals surface area contributed by atoms with Gasteiger partial charge >= 0.3 is 5.97 Å². The number of hydrogen-bond donors (Lipinski definition) is 1. The molecule has 0 atom stereocenters. The maximum absolute atomic E-state index is 12.6. The molecule has 8 nitrogen and oxygen atoms in total. The summed E-state index contributed by atoms with van der Waals surface area (Å²) >= 11 is 5.82. The van der Waals surface area contributed by atoms with Gasteiger partial charge in [0.25, 0.3) is 10.0 Å². The molecule has 1 N–H and O–H groups in total. The summed E-state index contributed by atoms with van der Waals surface area (Å²) in [6.07, 6.45) is 1.38. The Hall–Kier alpha value is -2.91. The highest BCUT2D eigenvalue weighted by atomic mass is 35.5. The van der Waals surface area contributed by atoms with Crippen molar-refractivity contribution in [2.75, 3.05) is 33.2 Å². The second kappa shape index (κ2) is 9.53. The molecule has 0 bridgehead atoms. The lowest BCUT2D eigenvalue weighted by Gasteiger charge is -2.19. The summed E-state index contributed by atoms with van der Waals surface area (Å²) in [6.45, 7) is 0. The molecule has 2 aromatic carbocycles. The number of sulfonamides is 1. The highest BCUT2D eigenvalue weighted by Gasteiger charge is 2.27. The van der Waals surface area contributed by atoms with Crippen molar-refractivity contribution in [1.82, 2.24) is 0 Å². The number of anilines is 1. The monoisotopic (exact) mass is 441 g/mol. The maximum Gasteiger partial charge on any atom is 0.340 e. The summed E-state index contributed by atoms with van der Waals surface area (Å²) in [5.74, 6) is -0.536. The SMILES string of the molecule is COC(=O)c1cc(OC)c(OC)c(OC)c1NS(=O)(=O)/C=C/c1ccc(Cl)cc1. The number of hydrogen-bond acceptors (Lipinski definition) is 7. The second-order valence-corrected chi connectivity index (χ2v) is 7.56. The van der Waals surface area contributed by atoms with Gasteiger partial charge in [-0.05, 0) is 23.8 Å². The lowest BCUT2D eigenvalue weighted by molar-refractivity contribution is 0.0601. The molecule has 10 heteroatoms. The fraction of sp³-hybridized carbons (Fsp3) is 0.211. The molecule has 0 heterocycles. The van der Waals surface area contributed by atoms with E-state index >= 15 is 0 Å². The Morgan fingerprint density at radius 2 is 1.62 bits per heavy atom. The van der Waals surface area contributed by atoms with Gasteiger partial charge in [-0.2, -0.15) is 0 Å². The van der Waals surface area contributed by atoms with Crippen molar-refractivity contribution < 1.29 is 32.2 Å². The van der Waals surface area contributed by atoms with Crippen LogP contribution < -0.4 is 18.9 Å². The topological polar surface area (TPSA) is 100 Å². The average molecular weight is 442 g/mol. The molecule has 0 aliphatic heterocycles. The van der Waals surface area contributed by atoms with Gasteiger partial charge in [-0.25, -0.2) is 13.2 Å². The van der Waals surface area contributed by atoms with Gasteiger partial charge in [0.2, 0.25) is 5.75 Å². The molecule has 0 unspecified atom stereocenters. The van der Waals surface area contributed by atoms with Crippen LogP contribution in [0.3, 0.4) is 0 Å². The molecule has 29 heavy (non-hydrogen) atoms. The second-order valence-electron chi connectivity index (χ2n) is 5.56. The average Bonchev–Trinajstić information content (AvgIpc) is 2.71. The van der Waals surface area contributed by atoms with Gasteiger partial charge in [0.1, 0.15) is 5.69 Å². The lowest BCUT2D eigenvalue weighted by Crippen LogP contribution is -2.15. The number of carbonyl (C=O) groups excluding carboxylic acids is 1. The van der Waals surface area contributed by atoms with E-state index in [0.29, 0.717) is 10.6 Å². The summed E-state index contributed by atoms with van der Waals surface area (Å²) < 4.78 is 48.1. The number of benzene rings is 2. The van der Waals surface area contributed by atoms with E-state index in [1.807, 2.05) is 0 Å². The number of nitrogens with one attached hydrogen (secondary N) is 1. The van der Waals surface area contributed by atoms with Crippen LogP contribution in [0.5, 0.6) is 17.2 Å². The van der Waals surface area contributed by atoms with Crippen molar-refractivity contribution >= 4 is 39.4 Å². The van der Waals surface area contributed by atoms with E-state index in [1.165, 1.54) is 40.6 Å². The largest absolute Gasteiger partial charge is 0.493 e. The Labute approximate surface area is 174 Å². The fourth-order valence-corrected chi connectivity index (χ4v) is 3.46. The maximum atomic E-state index is 12.6. The van der Waals surface area contributed by atoms with Gasteiger partial charge < -0.3 is 18.9 Å². The van der Waals surface area contributed by atoms with Gasteiger partial charge in [-0.3, -0.25) is 4.72 Å². The number of methoxy groups -OCH3 is 4. The quantitative estimate of drug-likeness (QED) is 0.625. The lowest BCUT2D eigenvalue weighted by atomic mass is 10.1. The summed E-state index contributed by atoms with van der Waals surface area (Å²) in [5, 5.41) is 1.48. The predicted octanol–water partition coefficient (Wildman–Crippen LogP) is 3.57. The third-order valence-corrected chi connectivity index (χ3v) is 5.02. The normalized spacial score (nSPS) is 11.2. The number of ether oxygens (including phenoxy) is 4. The van der Waals surface area contributed by atoms with Crippen LogP contribution in [-0.2, 0) is 14.8 Å². The van der Waals surface area contributed by atoms with Gasteiger partial charge in [0.15, 0.2) is 11.5 Å². The molecular weight excluding hydrogens is 422 g/mol. The smallest absolute Gasteiger partial charge is 0.340 e. The molecular formula is C19H20ClNO7S. The Kier molecular flexibility index (Phi) is 7.35. The molecule has 0 radical (unpaired) electrons. The van der Waals surface area contributed by atoms with Crippen molar-refractivity contribution in [3.63, 3.8) is 0 Å². The first-order valence-electron chi connectivity index (χ1n) is 8.14. The van der Waals surface area contributed by atoms with Crippen LogP contribution in [-0.4, -0.2) is 42.8 Å². The zero-order valence-electron chi connectivity index (χ0n) is 16.2. The van der Waals surface area contributed by atoms with E-state index in [1.54, 1.807) is 24.3 Å². The Balaban J connectivity index is 2.53. The van der Waals surface area contributed by atoms with E-state index in [0.717, 1.165) is 5.41 Å². The van der Waals surface area contributed by atoms with E-state index in [-0.39, 0.29) is 28.5 Å².